The molecule has 29 heavy (non-hydrogen) atoms. The minimum absolute atomic E-state index is 0.0220. The first kappa shape index (κ1) is 21.5. The molecule has 1 unspecified atom stereocenters. The normalized spacial score (nSPS) is 30.6. The Morgan fingerprint density at radius 1 is 0.897 bits per heavy atom. The third kappa shape index (κ3) is 2.40. The molecule has 161 valence electrons. The quantitative estimate of drug-likeness (QED) is 0.315. The third-order valence-electron chi connectivity index (χ3n) is 10.8. The van der Waals surface area contributed by atoms with Crippen LogP contribution >= 0.6 is 0 Å². The van der Waals surface area contributed by atoms with Gasteiger partial charge in [-0.05, 0) is 0 Å². The Balaban J connectivity index is 2.20. The maximum absolute atomic E-state index is 5.56. The van der Waals surface area contributed by atoms with E-state index >= 15 is 0 Å². The van der Waals surface area contributed by atoms with E-state index in [4.69, 9.17) is 0 Å². The molecule has 3 aliphatic carbocycles. The van der Waals surface area contributed by atoms with Crippen LogP contribution in [-0.4, -0.2) is 0 Å². The number of unbranched alkanes of at least 4 members (excludes halogenated alkanes) is 1. The first-order valence-corrected chi connectivity index (χ1v) is 41.3. The van der Waals surface area contributed by atoms with E-state index in [1.165, 1.54) is 44.1 Å². The number of rotatable bonds is 5. The molecule has 1 aromatic carbocycles. The molecular weight excluding hydrogens is 515 g/mol. The molecule has 1 atom stereocenters. The Morgan fingerprint density at radius 3 is 2.07 bits per heavy atom. The molecule has 0 aliphatic heterocycles. The Bertz CT molecular complexity index is 1060. The summed E-state index contributed by atoms with van der Waals surface area (Å²) < 4.78 is 19.8. The second-order valence-corrected chi connectivity index (χ2v) is 130. The number of benzene rings is 1. The van der Waals surface area contributed by atoms with Crippen molar-refractivity contribution < 1.29 is 12.6 Å². The van der Waals surface area contributed by atoms with Crippen molar-refractivity contribution in [1.82, 2.24) is 0 Å². The zero-order chi connectivity index (χ0) is 21.6. The molecular formula is C28H45Hf. The average Bonchev–Trinajstić information content (AvgIpc) is 3.28. The van der Waals surface area contributed by atoms with Gasteiger partial charge >= 0.3 is 169 Å². The zero-order valence-electron chi connectivity index (χ0n) is 20.4. The number of fused-ring (bicyclic) bond motifs is 2. The van der Waals surface area contributed by atoms with Gasteiger partial charge in [0, 0.05) is 0 Å². The second kappa shape index (κ2) is 3.82. The monoisotopic (exact) mass is 561 g/mol. The van der Waals surface area contributed by atoms with Gasteiger partial charge in [-0.15, -0.1) is 0 Å². The van der Waals surface area contributed by atoms with Gasteiger partial charge in [-0.3, -0.25) is 0 Å². The number of aryl methyl sites for hydroxylation is 2. The summed E-state index contributed by atoms with van der Waals surface area (Å²) in [6.07, 6.45) is 22.3. The van der Waals surface area contributed by atoms with Crippen LogP contribution in [0.5, 0.6) is 0 Å². The zero-order valence-corrected chi connectivity index (χ0v) is 24.0. The Morgan fingerprint density at radius 2 is 1.48 bits per heavy atom. The predicted octanol–water partition coefficient (Wildman–Crippen LogP) is 9.67. The van der Waals surface area contributed by atoms with E-state index in [-0.39, 0.29) is 3.17 Å². The minimum atomic E-state index is -5.56. The maximum atomic E-state index is 2.76. The Hall–Kier alpha value is -0.690. The summed E-state index contributed by atoms with van der Waals surface area (Å²) >= 11 is -5.56. The second-order valence-electron chi connectivity index (χ2n) is 21.2. The average molecular weight is 560 g/mol. The van der Waals surface area contributed by atoms with Crippen LogP contribution in [0.15, 0.2) is 42.5 Å². The van der Waals surface area contributed by atoms with Crippen LogP contribution in [0.3, 0.4) is 0 Å². The first-order chi connectivity index (χ1) is 12.7. The molecule has 4 rings (SSSR count). The topological polar surface area (TPSA) is 0 Å². The van der Waals surface area contributed by atoms with Crippen LogP contribution in [0.25, 0.3) is 6.08 Å². The molecule has 1 aromatic rings. The number of hydrogen-bond donors (Lipinski definition) is 0. The van der Waals surface area contributed by atoms with Gasteiger partial charge in [-0.2, -0.15) is 0 Å². The van der Waals surface area contributed by atoms with Crippen LogP contribution in [0.4, 0.5) is 0 Å². The molecule has 0 N–H and O–H groups in total. The molecule has 0 fully saturated rings. The van der Waals surface area contributed by atoms with Gasteiger partial charge in [0.15, 0.2) is 0 Å². The van der Waals surface area contributed by atoms with Crippen molar-refractivity contribution >= 4 is 6.08 Å². The molecule has 0 nitrogen and oxygen atoms in total. The molecule has 1 heteroatoms. The van der Waals surface area contributed by atoms with E-state index in [2.05, 4.69) is 88.3 Å². The molecule has 0 saturated carbocycles. The molecule has 0 spiro atoms. The summed E-state index contributed by atoms with van der Waals surface area (Å²) in [5, 5.41) is 0. The number of allylic oxidation sites excluding steroid dienone is 5. The van der Waals surface area contributed by atoms with Gasteiger partial charge in [0.25, 0.3) is 0 Å². The van der Waals surface area contributed by atoms with E-state index in [1.54, 1.807) is 16.7 Å². The van der Waals surface area contributed by atoms with Gasteiger partial charge in [0.2, 0.25) is 0 Å². The van der Waals surface area contributed by atoms with Crippen molar-refractivity contribution in [3.8, 4) is 0 Å². The summed E-state index contributed by atoms with van der Waals surface area (Å²) in [7, 11) is 0. The molecule has 0 aromatic heterocycles. The Kier molecular flexibility index (Phi) is 2.84. The van der Waals surface area contributed by atoms with Gasteiger partial charge in [0.1, 0.15) is 0 Å². The molecule has 0 amide bonds. The van der Waals surface area contributed by atoms with Crippen molar-refractivity contribution in [3.05, 3.63) is 64.8 Å². The SMILES string of the molecule is CCCC[C]1([Hf]([CH3])([CH3])([CH3])([CH3])([CH3])([CH3])([CH3])[CH]2C=CC=C2)C=Cc2cc3c(cc21)CCC3. The third-order valence-corrected chi connectivity index (χ3v) is 56.9. The van der Waals surface area contributed by atoms with Crippen molar-refractivity contribution in [2.24, 2.45) is 0 Å². The summed E-state index contributed by atoms with van der Waals surface area (Å²) in [6, 6.07) is 5.19. The Labute approximate surface area is 167 Å². The molecule has 0 saturated heterocycles. The van der Waals surface area contributed by atoms with E-state index < -0.39 is 12.6 Å². The molecule has 0 bridgehead atoms. The van der Waals surface area contributed by atoms with Crippen molar-refractivity contribution in [3.63, 3.8) is 0 Å². The predicted molar refractivity (Wildman–Crippen MR) is 132 cm³/mol. The fourth-order valence-electron chi connectivity index (χ4n) is 7.93. The van der Waals surface area contributed by atoms with E-state index in [9.17, 15) is 0 Å². The summed E-state index contributed by atoms with van der Waals surface area (Å²) in [4.78, 5) is 0. The molecule has 0 heterocycles. The molecule has 3 aliphatic rings. The van der Waals surface area contributed by atoms with Crippen LogP contribution in [0, 0.1) is 0 Å². The van der Waals surface area contributed by atoms with E-state index in [1.807, 2.05) is 0 Å². The first-order valence-electron chi connectivity index (χ1n) is 12.3. The van der Waals surface area contributed by atoms with Gasteiger partial charge in [-0.25, -0.2) is 0 Å². The van der Waals surface area contributed by atoms with Crippen molar-refractivity contribution in [1.29, 1.82) is 0 Å². The van der Waals surface area contributed by atoms with Gasteiger partial charge in [-0.1, -0.05) is 0 Å². The van der Waals surface area contributed by atoms with Crippen LogP contribution in [0.2, 0.25) is 36.4 Å². The van der Waals surface area contributed by atoms with Gasteiger partial charge in [0.05, 0.1) is 0 Å². The van der Waals surface area contributed by atoms with Crippen molar-refractivity contribution in [2.45, 2.75) is 85.1 Å². The van der Waals surface area contributed by atoms with Crippen molar-refractivity contribution in [2.75, 3.05) is 0 Å². The van der Waals surface area contributed by atoms with Crippen LogP contribution in [0.1, 0.15) is 54.9 Å². The fraction of sp³-hybridized carbons (Fsp3) is 0.571. The summed E-state index contributed by atoms with van der Waals surface area (Å²) in [5.41, 5.74) is 6.33. The summed E-state index contributed by atoms with van der Waals surface area (Å²) in [5.74, 6) is 0. The fourth-order valence-corrected chi connectivity index (χ4v) is 41.6. The van der Waals surface area contributed by atoms with E-state index in [0.717, 1.165) is 0 Å². The number of hydrogen-bond acceptors (Lipinski definition) is 0. The van der Waals surface area contributed by atoms with Crippen LogP contribution < -0.4 is 0 Å². The van der Waals surface area contributed by atoms with Crippen LogP contribution in [-0.2, 0) is 28.6 Å². The van der Waals surface area contributed by atoms with E-state index in [0.29, 0.717) is 3.67 Å². The molecule has 0 radical (unpaired) electrons. The van der Waals surface area contributed by atoms with Gasteiger partial charge < -0.3 is 0 Å². The summed E-state index contributed by atoms with van der Waals surface area (Å²) in [6.45, 7) is 2.35. The standard InChI is InChI=1S/C16H19.C5H5.7CH3.Hf/c1-2-3-5-12-8-9-15-10-13-6-4-7-14(13)11-16(12)15;1-2-4-5-3-1;;;;;;;;/h8-11H,2-7H2,1H3;1-5H;7*1H3;.